The lowest BCUT2D eigenvalue weighted by molar-refractivity contribution is -0.141. The van der Waals surface area contributed by atoms with Gasteiger partial charge in [-0.05, 0) is 34.1 Å². The zero-order valence-electron chi connectivity index (χ0n) is 12.3. The lowest BCUT2D eigenvalue weighted by Gasteiger charge is -2.35. The maximum atomic E-state index is 12.5. The molecule has 1 saturated heterocycles. The van der Waals surface area contributed by atoms with Gasteiger partial charge in [-0.25, -0.2) is 0 Å². The molecule has 2 aromatic heterocycles. The van der Waals surface area contributed by atoms with Gasteiger partial charge in [-0.3, -0.25) is 4.79 Å². The number of rotatable bonds is 2. The molecule has 0 radical (unpaired) electrons. The number of nitrogens with zero attached hydrogens (tertiary/aromatic N) is 4. The standard InChI is InChI=1S/C14H12BrF3N4OS/c15-9-7-10(24-8-9)13(23)22-5-3-21(4-6-22)12-2-1-11(19-20-12)14(16,17)18/h1-2,7-8H,3-6H2. The van der Waals surface area contributed by atoms with Gasteiger partial charge in [0.1, 0.15) is 0 Å². The van der Waals surface area contributed by atoms with Crippen LogP contribution in [0.1, 0.15) is 15.4 Å². The fourth-order valence-corrected chi connectivity index (χ4v) is 3.76. The first-order valence-corrected chi connectivity index (χ1v) is 8.71. The summed E-state index contributed by atoms with van der Waals surface area (Å²) in [5.74, 6) is 0.345. The third-order valence-electron chi connectivity index (χ3n) is 3.61. The lowest BCUT2D eigenvalue weighted by atomic mass is 10.3. The van der Waals surface area contributed by atoms with Crippen LogP contribution in [0.15, 0.2) is 28.1 Å². The van der Waals surface area contributed by atoms with E-state index in [0.29, 0.717) is 36.9 Å². The number of anilines is 1. The molecule has 2 aromatic rings. The minimum Gasteiger partial charge on any atom is -0.352 e. The van der Waals surface area contributed by atoms with Gasteiger partial charge in [0.25, 0.3) is 5.91 Å². The molecule has 0 unspecified atom stereocenters. The molecule has 0 aliphatic carbocycles. The zero-order valence-corrected chi connectivity index (χ0v) is 14.7. The quantitative estimate of drug-likeness (QED) is 0.747. The number of amides is 1. The first-order valence-electron chi connectivity index (χ1n) is 7.04. The maximum absolute atomic E-state index is 12.5. The van der Waals surface area contributed by atoms with Crippen molar-refractivity contribution in [1.29, 1.82) is 0 Å². The van der Waals surface area contributed by atoms with Crippen molar-refractivity contribution in [3.8, 4) is 0 Å². The van der Waals surface area contributed by atoms with Gasteiger partial charge >= 0.3 is 6.18 Å². The molecule has 0 bridgehead atoms. The number of piperazine rings is 1. The van der Waals surface area contributed by atoms with Crippen LogP contribution in [0.4, 0.5) is 19.0 Å². The average molecular weight is 421 g/mol. The van der Waals surface area contributed by atoms with E-state index in [-0.39, 0.29) is 5.91 Å². The number of carbonyl (C=O) groups excluding carboxylic acids is 1. The van der Waals surface area contributed by atoms with Crippen LogP contribution in [0, 0.1) is 0 Å². The molecule has 1 aliphatic rings. The number of hydrogen-bond acceptors (Lipinski definition) is 5. The Bertz CT molecular complexity index is 726. The Hall–Kier alpha value is -1.68. The smallest absolute Gasteiger partial charge is 0.352 e. The van der Waals surface area contributed by atoms with Crippen molar-refractivity contribution in [3.05, 3.63) is 38.6 Å². The Labute approximate surface area is 148 Å². The third kappa shape index (κ3) is 3.69. The molecule has 0 N–H and O–H groups in total. The molecule has 10 heteroatoms. The van der Waals surface area contributed by atoms with Crippen molar-refractivity contribution in [2.75, 3.05) is 31.1 Å². The van der Waals surface area contributed by atoms with Crippen LogP contribution in [0.2, 0.25) is 0 Å². The molecule has 3 heterocycles. The summed E-state index contributed by atoms with van der Waals surface area (Å²) in [6, 6.07) is 4.01. The Morgan fingerprint density at radius 2 is 1.88 bits per heavy atom. The van der Waals surface area contributed by atoms with Gasteiger partial charge in [0.05, 0.1) is 4.88 Å². The SMILES string of the molecule is O=C(c1cc(Br)cs1)N1CCN(c2ccc(C(F)(F)F)nn2)CC1. The summed E-state index contributed by atoms with van der Waals surface area (Å²) >= 11 is 4.69. The number of carbonyl (C=O) groups is 1. The molecule has 5 nitrogen and oxygen atoms in total. The summed E-state index contributed by atoms with van der Waals surface area (Å²) in [6.45, 7) is 1.96. The molecular formula is C14H12BrF3N4OS. The van der Waals surface area contributed by atoms with Gasteiger partial charge in [-0.15, -0.1) is 21.5 Å². The topological polar surface area (TPSA) is 49.3 Å². The molecule has 1 aliphatic heterocycles. The van der Waals surface area contributed by atoms with Crippen LogP contribution in [-0.4, -0.2) is 47.2 Å². The largest absolute Gasteiger partial charge is 0.435 e. The second kappa shape index (κ2) is 6.67. The van der Waals surface area contributed by atoms with Crippen LogP contribution in [0.5, 0.6) is 0 Å². The highest BCUT2D eigenvalue weighted by Crippen LogP contribution is 2.28. The molecule has 1 fully saturated rings. The molecule has 0 aromatic carbocycles. The molecule has 128 valence electrons. The molecular weight excluding hydrogens is 409 g/mol. The van der Waals surface area contributed by atoms with E-state index in [0.717, 1.165) is 10.5 Å². The second-order valence-corrected chi connectivity index (χ2v) is 7.01. The van der Waals surface area contributed by atoms with Gasteiger partial charge in [-0.2, -0.15) is 13.2 Å². The van der Waals surface area contributed by atoms with E-state index in [9.17, 15) is 18.0 Å². The van der Waals surface area contributed by atoms with Gasteiger partial charge in [0.15, 0.2) is 11.5 Å². The van der Waals surface area contributed by atoms with Crippen LogP contribution in [0.3, 0.4) is 0 Å². The average Bonchev–Trinajstić information content (AvgIpc) is 3.00. The fraction of sp³-hybridized carbons (Fsp3) is 0.357. The first kappa shape index (κ1) is 17.2. The molecule has 0 saturated carbocycles. The Morgan fingerprint density at radius 1 is 1.17 bits per heavy atom. The van der Waals surface area contributed by atoms with Crippen LogP contribution in [0.25, 0.3) is 0 Å². The van der Waals surface area contributed by atoms with Crippen LogP contribution >= 0.6 is 27.3 Å². The van der Waals surface area contributed by atoms with E-state index in [4.69, 9.17) is 0 Å². The number of hydrogen-bond donors (Lipinski definition) is 0. The lowest BCUT2D eigenvalue weighted by Crippen LogP contribution is -2.49. The van der Waals surface area contributed by atoms with E-state index in [1.807, 2.05) is 10.3 Å². The summed E-state index contributed by atoms with van der Waals surface area (Å²) < 4.78 is 38.4. The molecule has 3 rings (SSSR count). The van der Waals surface area contributed by atoms with Crippen LogP contribution < -0.4 is 4.90 Å². The molecule has 1 amide bonds. The third-order valence-corrected chi connectivity index (χ3v) is 5.29. The minimum atomic E-state index is -4.49. The van der Waals surface area contributed by atoms with E-state index in [2.05, 4.69) is 26.1 Å². The van der Waals surface area contributed by atoms with Crippen molar-refractivity contribution in [2.24, 2.45) is 0 Å². The summed E-state index contributed by atoms with van der Waals surface area (Å²) in [5.41, 5.74) is -1.01. The fourth-order valence-electron chi connectivity index (χ4n) is 2.36. The zero-order chi connectivity index (χ0) is 17.3. The number of thiophene rings is 1. The minimum absolute atomic E-state index is 0.0381. The highest BCUT2D eigenvalue weighted by atomic mass is 79.9. The monoisotopic (exact) mass is 420 g/mol. The Kier molecular flexibility index (Phi) is 4.77. The number of alkyl halides is 3. The molecule has 24 heavy (non-hydrogen) atoms. The number of halogens is 4. The highest BCUT2D eigenvalue weighted by molar-refractivity contribution is 9.10. The summed E-state index contributed by atoms with van der Waals surface area (Å²) in [5, 5.41) is 8.73. The van der Waals surface area contributed by atoms with Crippen LogP contribution in [-0.2, 0) is 6.18 Å². The molecule has 0 atom stereocenters. The first-order chi connectivity index (χ1) is 11.3. The predicted octanol–water partition coefficient (Wildman–Crippen LogP) is 3.28. The summed E-state index contributed by atoms with van der Waals surface area (Å²) in [4.78, 5) is 16.6. The second-order valence-electron chi connectivity index (χ2n) is 5.18. The van der Waals surface area contributed by atoms with Crippen molar-refractivity contribution < 1.29 is 18.0 Å². The summed E-state index contributed by atoms with van der Waals surface area (Å²) in [6.07, 6.45) is -4.49. The van der Waals surface area contributed by atoms with E-state index in [1.54, 1.807) is 11.0 Å². The van der Waals surface area contributed by atoms with Gasteiger partial charge in [0.2, 0.25) is 0 Å². The Balaban J connectivity index is 1.61. The van der Waals surface area contributed by atoms with E-state index < -0.39 is 11.9 Å². The number of aromatic nitrogens is 2. The predicted molar refractivity (Wildman–Crippen MR) is 87.2 cm³/mol. The maximum Gasteiger partial charge on any atom is 0.435 e. The van der Waals surface area contributed by atoms with Crippen molar-refractivity contribution >= 4 is 39.0 Å². The normalized spacial score (nSPS) is 15.7. The van der Waals surface area contributed by atoms with E-state index in [1.165, 1.54) is 17.4 Å². The van der Waals surface area contributed by atoms with Gasteiger partial charge in [-0.1, -0.05) is 0 Å². The molecule has 0 spiro atoms. The van der Waals surface area contributed by atoms with Crippen molar-refractivity contribution in [3.63, 3.8) is 0 Å². The van der Waals surface area contributed by atoms with Crippen molar-refractivity contribution in [1.82, 2.24) is 15.1 Å². The van der Waals surface area contributed by atoms with E-state index >= 15 is 0 Å². The van der Waals surface area contributed by atoms with Crippen molar-refractivity contribution in [2.45, 2.75) is 6.18 Å². The highest BCUT2D eigenvalue weighted by Gasteiger charge is 2.33. The van der Waals surface area contributed by atoms with Gasteiger partial charge < -0.3 is 9.80 Å². The Morgan fingerprint density at radius 3 is 2.38 bits per heavy atom. The van der Waals surface area contributed by atoms with Gasteiger partial charge in [0, 0.05) is 36.0 Å². The summed E-state index contributed by atoms with van der Waals surface area (Å²) in [7, 11) is 0.